The highest BCUT2D eigenvalue weighted by Gasteiger charge is 1.98. The Morgan fingerprint density at radius 3 is 2.86 bits per heavy atom. The molecule has 0 aromatic heterocycles. The number of aliphatic hydroxyl groups excluding tert-OH is 1. The zero-order valence-corrected chi connectivity index (χ0v) is 12.3. The fraction of sp³-hybridized carbons (Fsp3) is 0.188. The van der Waals surface area contributed by atoms with Crippen LogP contribution in [0.3, 0.4) is 0 Å². The zero-order valence-electron chi connectivity index (χ0n) is 11.5. The standard InChI is InChI=1S/C16H17ClN2O2/c17-15-5-1-4-14(9-15)12-21-16-6-2-3-13(10-16)11-19-18-7-8-20/h1-6,9-11,18,20H,7-8,12H2. The van der Waals surface area contributed by atoms with Crippen molar-refractivity contribution in [2.45, 2.75) is 6.61 Å². The Morgan fingerprint density at radius 2 is 2.05 bits per heavy atom. The summed E-state index contributed by atoms with van der Waals surface area (Å²) in [5.41, 5.74) is 4.67. The van der Waals surface area contributed by atoms with Gasteiger partial charge in [-0.2, -0.15) is 5.10 Å². The van der Waals surface area contributed by atoms with Crippen LogP contribution < -0.4 is 10.2 Å². The summed E-state index contributed by atoms with van der Waals surface area (Å²) in [7, 11) is 0. The van der Waals surface area contributed by atoms with Crippen molar-refractivity contribution in [3.63, 3.8) is 0 Å². The smallest absolute Gasteiger partial charge is 0.120 e. The summed E-state index contributed by atoms with van der Waals surface area (Å²) in [4.78, 5) is 0. The number of aliphatic hydroxyl groups is 1. The van der Waals surface area contributed by atoms with E-state index in [0.29, 0.717) is 18.2 Å². The minimum Gasteiger partial charge on any atom is -0.489 e. The molecule has 5 heteroatoms. The summed E-state index contributed by atoms with van der Waals surface area (Å²) in [6, 6.07) is 15.2. The number of rotatable bonds is 7. The highest BCUT2D eigenvalue weighted by Crippen LogP contribution is 2.16. The van der Waals surface area contributed by atoms with Crippen LogP contribution in [0.2, 0.25) is 5.02 Å². The van der Waals surface area contributed by atoms with Crippen molar-refractivity contribution in [1.82, 2.24) is 5.43 Å². The van der Waals surface area contributed by atoms with E-state index in [-0.39, 0.29) is 6.61 Å². The molecule has 2 aromatic carbocycles. The van der Waals surface area contributed by atoms with Gasteiger partial charge in [0.05, 0.1) is 19.4 Å². The first-order valence-corrected chi connectivity index (χ1v) is 7.00. The molecular weight excluding hydrogens is 288 g/mol. The molecule has 0 spiro atoms. The minimum atomic E-state index is 0.0557. The van der Waals surface area contributed by atoms with Crippen LogP contribution in [-0.4, -0.2) is 24.5 Å². The van der Waals surface area contributed by atoms with E-state index in [0.717, 1.165) is 16.9 Å². The Kier molecular flexibility index (Phi) is 6.06. The molecule has 0 radical (unpaired) electrons. The summed E-state index contributed by atoms with van der Waals surface area (Å²) in [6.45, 7) is 0.950. The van der Waals surface area contributed by atoms with Crippen molar-refractivity contribution in [2.24, 2.45) is 5.10 Å². The molecule has 2 aromatic rings. The number of ether oxygens (including phenoxy) is 1. The summed E-state index contributed by atoms with van der Waals surface area (Å²) < 4.78 is 5.73. The van der Waals surface area contributed by atoms with Crippen molar-refractivity contribution < 1.29 is 9.84 Å². The van der Waals surface area contributed by atoms with Gasteiger partial charge in [0, 0.05) is 5.02 Å². The maximum atomic E-state index is 8.64. The lowest BCUT2D eigenvalue weighted by Gasteiger charge is -2.07. The van der Waals surface area contributed by atoms with E-state index < -0.39 is 0 Å². The third-order valence-corrected chi connectivity index (χ3v) is 2.92. The first-order valence-electron chi connectivity index (χ1n) is 6.62. The van der Waals surface area contributed by atoms with Gasteiger partial charge in [0.15, 0.2) is 0 Å². The van der Waals surface area contributed by atoms with Crippen molar-refractivity contribution in [3.05, 3.63) is 64.7 Å². The molecule has 0 saturated carbocycles. The van der Waals surface area contributed by atoms with E-state index in [1.54, 1.807) is 6.21 Å². The van der Waals surface area contributed by atoms with Gasteiger partial charge < -0.3 is 15.3 Å². The molecule has 0 saturated heterocycles. The number of benzene rings is 2. The number of hydrogen-bond donors (Lipinski definition) is 2. The van der Waals surface area contributed by atoms with Gasteiger partial charge in [-0.15, -0.1) is 0 Å². The van der Waals surface area contributed by atoms with Gasteiger partial charge in [-0.1, -0.05) is 35.9 Å². The minimum absolute atomic E-state index is 0.0557. The summed E-state index contributed by atoms with van der Waals surface area (Å²) in [6.07, 6.45) is 1.68. The van der Waals surface area contributed by atoms with Crippen LogP contribution in [0.15, 0.2) is 53.6 Å². The Hall–Kier alpha value is -2.04. The van der Waals surface area contributed by atoms with Gasteiger partial charge in [0.25, 0.3) is 0 Å². The lowest BCUT2D eigenvalue weighted by molar-refractivity contribution is 0.293. The van der Waals surface area contributed by atoms with E-state index in [4.69, 9.17) is 21.4 Å². The molecule has 0 amide bonds. The third-order valence-electron chi connectivity index (χ3n) is 2.68. The van der Waals surface area contributed by atoms with Crippen LogP contribution in [0.25, 0.3) is 0 Å². The molecule has 0 aliphatic carbocycles. The molecule has 0 aliphatic rings. The fourth-order valence-corrected chi connectivity index (χ4v) is 1.93. The van der Waals surface area contributed by atoms with E-state index in [1.165, 1.54) is 0 Å². The summed E-state index contributed by atoms with van der Waals surface area (Å²) >= 11 is 5.94. The Balaban J connectivity index is 1.93. The molecule has 21 heavy (non-hydrogen) atoms. The monoisotopic (exact) mass is 304 g/mol. The number of halogens is 1. The number of hydrazone groups is 1. The van der Waals surface area contributed by atoms with Crippen LogP contribution in [0.4, 0.5) is 0 Å². The molecule has 2 rings (SSSR count). The first-order chi connectivity index (χ1) is 10.3. The van der Waals surface area contributed by atoms with Crippen molar-refractivity contribution in [2.75, 3.05) is 13.2 Å². The van der Waals surface area contributed by atoms with E-state index in [9.17, 15) is 0 Å². The van der Waals surface area contributed by atoms with Crippen LogP contribution in [0.1, 0.15) is 11.1 Å². The van der Waals surface area contributed by atoms with E-state index in [2.05, 4.69) is 10.5 Å². The van der Waals surface area contributed by atoms with Gasteiger partial charge in [-0.3, -0.25) is 0 Å². The van der Waals surface area contributed by atoms with Gasteiger partial charge in [0.1, 0.15) is 12.4 Å². The number of nitrogens with zero attached hydrogens (tertiary/aromatic N) is 1. The largest absolute Gasteiger partial charge is 0.489 e. The van der Waals surface area contributed by atoms with Gasteiger partial charge in [-0.05, 0) is 35.4 Å². The molecule has 0 bridgehead atoms. The molecule has 2 N–H and O–H groups in total. The Labute approximate surface area is 129 Å². The molecule has 0 atom stereocenters. The first kappa shape index (κ1) is 15.4. The van der Waals surface area contributed by atoms with Gasteiger partial charge in [0.2, 0.25) is 0 Å². The second-order valence-corrected chi connectivity index (χ2v) is 4.82. The SMILES string of the molecule is OCCNN=Cc1cccc(OCc2cccc(Cl)c2)c1. The lowest BCUT2D eigenvalue weighted by atomic mass is 10.2. The second-order valence-electron chi connectivity index (χ2n) is 4.38. The Bertz CT molecular complexity index is 602. The maximum Gasteiger partial charge on any atom is 0.120 e. The third kappa shape index (κ3) is 5.45. The van der Waals surface area contributed by atoms with Crippen LogP contribution in [0.5, 0.6) is 5.75 Å². The van der Waals surface area contributed by atoms with Crippen LogP contribution in [0, 0.1) is 0 Å². The predicted octanol–water partition coefficient (Wildman–Crippen LogP) is 2.83. The average Bonchev–Trinajstić information content (AvgIpc) is 2.50. The highest BCUT2D eigenvalue weighted by atomic mass is 35.5. The molecule has 110 valence electrons. The molecule has 0 aliphatic heterocycles. The zero-order chi connectivity index (χ0) is 14.9. The van der Waals surface area contributed by atoms with Gasteiger partial charge in [-0.25, -0.2) is 0 Å². The van der Waals surface area contributed by atoms with E-state index in [1.807, 2.05) is 48.5 Å². The van der Waals surface area contributed by atoms with Crippen molar-refractivity contribution in [3.8, 4) is 5.75 Å². The normalized spacial score (nSPS) is 10.8. The summed E-state index contributed by atoms with van der Waals surface area (Å²) in [5.74, 6) is 0.765. The van der Waals surface area contributed by atoms with E-state index >= 15 is 0 Å². The topological polar surface area (TPSA) is 53.8 Å². The van der Waals surface area contributed by atoms with Crippen molar-refractivity contribution >= 4 is 17.8 Å². The van der Waals surface area contributed by atoms with Crippen molar-refractivity contribution in [1.29, 1.82) is 0 Å². The number of hydrogen-bond acceptors (Lipinski definition) is 4. The number of nitrogens with one attached hydrogen (secondary N) is 1. The van der Waals surface area contributed by atoms with Crippen LogP contribution in [-0.2, 0) is 6.61 Å². The molecule has 0 fully saturated rings. The predicted molar refractivity (Wildman–Crippen MR) is 84.9 cm³/mol. The lowest BCUT2D eigenvalue weighted by Crippen LogP contribution is -2.11. The molecule has 0 heterocycles. The molecular formula is C16H17ClN2O2. The summed E-state index contributed by atoms with van der Waals surface area (Å²) in [5, 5.41) is 13.3. The van der Waals surface area contributed by atoms with Gasteiger partial charge >= 0.3 is 0 Å². The fourth-order valence-electron chi connectivity index (χ4n) is 1.71. The quantitative estimate of drug-likeness (QED) is 0.470. The Morgan fingerprint density at radius 1 is 1.19 bits per heavy atom. The maximum absolute atomic E-state index is 8.64. The average molecular weight is 305 g/mol. The highest BCUT2D eigenvalue weighted by molar-refractivity contribution is 6.30. The molecule has 4 nitrogen and oxygen atoms in total. The molecule has 0 unspecified atom stereocenters. The second kappa shape index (κ2) is 8.29. The van der Waals surface area contributed by atoms with Crippen LogP contribution >= 0.6 is 11.6 Å².